The molecule has 1 aliphatic rings. The summed E-state index contributed by atoms with van der Waals surface area (Å²) in [6.45, 7) is 7.05. The molecule has 0 N–H and O–H groups in total. The number of sulfonamides is 1. The fraction of sp³-hybridized carbons (Fsp3) is 0.276. The van der Waals surface area contributed by atoms with E-state index >= 15 is 0 Å². The molecule has 2 heterocycles. The molecule has 202 valence electrons. The summed E-state index contributed by atoms with van der Waals surface area (Å²) in [5, 5.41) is 5.88. The molecule has 3 aromatic carbocycles. The van der Waals surface area contributed by atoms with Crippen LogP contribution >= 0.6 is 11.3 Å². The van der Waals surface area contributed by atoms with E-state index in [4.69, 9.17) is 0 Å². The third-order valence-electron chi connectivity index (χ3n) is 6.69. The van der Waals surface area contributed by atoms with Crippen LogP contribution in [0.4, 0.5) is 9.52 Å². The summed E-state index contributed by atoms with van der Waals surface area (Å²) in [6.07, 6.45) is 2.55. The van der Waals surface area contributed by atoms with Crippen molar-refractivity contribution in [2.45, 2.75) is 32.1 Å². The second-order valence-corrected chi connectivity index (χ2v) is 13.1. The number of anilines is 1. The number of hydrogen-bond acceptors (Lipinski definition) is 6. The predicted molar refractivity (Wildman–Crippen MR) is 153 cm³/mol. The lowest BCUT2D eigenvalue weighted by atomic mass is 9.94. The normalized spacial score (nSPS) is 18.6. The number of benzene rings is 3. The lowest BCUT2D eigenvalue weighted by Gasteiger charge is -2.34. The molecular formula is C29H29FN4O3S2. The highest BCUT2D eigenvalue weighted by atomic mass is 32.2. The molecule has 1 amide bonds. The van der Waals surface area contributed by atoms with Crippen LogP contribution < -0.4 is 5.01 Å². The number of hydrazone groups is 1. The molecule has 39 heavy (non-hydrogen) atoms. The molecule has 0 saturated carbocycles. The van der Waals surface area contributed by atoms with Gasteiger partial charge in [0.05, 0.1) is 21.3 Å². The Balaban J connectivity index is 1.46. The quantitative estimate of drug-likeness (QED) is 0.210. The molecule has 2 atom stereocenters. The van der Waals surface area contributed by atoms with Crippen molar-refractivity contribution in [3.8, 4) is 0 Å². The van der Waals surface area contributed by atoms with Crippen molar-refractivity contribution in [2.75, 3.05) is 18.1 Å². The van der Waals surface area contributed by atoms with E-state index < -0.39 is 21.7 Å². The molecule has 1 aliphatic heterocycles. The first-order valence-electron chi connectivity index (χ1n) is 12.7. The number of aryl methyl sites for hydroxylation is 1. The van der Waals surface area contributed by atoms with Crippen LogP contribution in [0.15, 0.2) is 76.7 Å². The summed E-state index contributed by atoms with van der Waals surface area (Å²) in [6, 6.07) is 17.8. The monoisotopic (exact) mass is 564 g/mol. The van der Waals surface area contributed by atoms with Gasteiger partial charge in [-0.15, -0.1) is 0 Å². The van der Waals surface area contributed by atoms with Gasteiger partial charge in [-0.1, -0.05) is 55.0 Å². The number of thiazole rings is 1. The van der Waals surface area contributed by atoms with Crippen molar-refractivity contribution in [3.05, 3.63) is 89.2 Å². The van der Waals surface area contributed by atoms with Gasteiger partial charge in [-0.3, -0.25) is 4.79 Å². The van der Waals surface area contributed by atoms with Gasteiger partial charge in [0.2, 0.25) is 15.2 Å². The molecule has 0 radical (unpaired) electrons. The van der Waals surface area contributed by atoms with Crippen LogP contribution in [0.3, 0.4) is 0 Å². The minimum atomic E-state index is -3.68. The highest BCUT2D eigenvalue weighted by molar-refractivity contribution is 7.89. The van der Waals surface area contributed by atoms with Crippen molar-refractivity contribution in [1.29, 1.82) is 0 Å². The Morgan fingerprint density at radius 2 is 1.72 bits per heavy atom. The molecule has 0 bridgehead atoms. The third-order valence-corrected chi connectivity index (χ3v) is 9.53. The van der Waals surface area contributed by atoms with Gasteiger partial charge >= 0.3 is 0 Å². The van der Waals surface area contributed by atoms with E-state index in [-0.39, 0.29) is 27.4 Å². The SMILES string of the molecule is Cc1ccc(/C=N/N(C(=O)c2ccc(S(=O)(=O)N3CC(C)CC(C)C3)cc2)c2nc3ccc(F)cc3s2)cc1. The maximum absolute atomic E-state index is 13.8. The highest BCUT2D eigenvalue weighted by Crippen LogP contribution is 2.31. The number of amides is 1. The zero-order valence-electron chi connectivity index (χ0n) is 21.9. The molecule has 1 saturated heterocycles. The Morgan fingerprint density at radius 3 is 2.38 bits per heavy atom. The van der Waals surface area contributed by atoms with Crippen LogP contribution in [0.2, 0.25) is 0 Å². The Hall–Kier alpha value is -3.47. The maximum atomic E-state index is 13.8. The van der Waals surface area contributed by atoms with Gasteiger partial charge in [0.1, 0.15) is 5.82 Å². The van der Waals surface area contributed by atoms with Gasteiger partial charge in [0, 0.05) is 18.7 Å². The third kappa shape index (κ3) is 5.93. The van der Waals surface area contributed by atoms with Crippen LogP contribution in [-0.4, -0.2) is 42.9 Å². The molecular weight excluding hydrogens is 535 g/mol. The number of halogens is 1. The Bertz CT molecular complexity index is 1620. The topological polar surface area (TPSA) is 82.9 Å². The maximum Gasteiger partial charge on any atom is 0.280 e. The molecule has 1 aromatic heterocycles. The molecule has 0 spiro atoms. The number of piperidine rings is 1. The number of aromatic nitrogens is 1. The summed E-state index contributed by atoms with van der Waals surface area (Å²) >= 11 is 1.14. The van der Waals surface area contributed by atoms with E-state index in [2.05, 4.69) is 23.9 Å². The van der Waals surface area contributed by atoms with E-state index in [1.807, 2.05) is 31.2 Å². The first kappa shape index (κ1) is 27.1. The number of nitrogens with zero attached hydrogens (tertiary/aromatic N) is 4. The lowest BCUT2D eigenvalue weighted by molar-refractivity contribution is 0.0987. The largest absolute Gasteiger partial charge is 0.280 e. The zero-order chi connectivity index (χ0) is 27.7. The fourth-order valence-electron chi connectivity index (χ4n) is 4.79. The molecule has 1 fully saturated rings. The number of hydrogen-bond donors (Lipinski definition) is 0. The van der Waals surface area contributed by atoms with Crippen molar-refractivity contribution in [1.82, 2.24) is 9.29 Å². The number of carbonyl (C=O) groups excluding carboxylic acids is 1. The van der Waals surface area contributed by atoms with Crippen molar-refractivity contribution < 1.29 is 17.6 Å². The van der Waals surface area contributed by atoms with Crippen LogP contribution in [0.25, 0.3) is 10.2 Å². The second kappa shape index (κ2) is 11.0. The van der Waals surface area contributed by atoms with Gasteiger partial charge in [-0.25, -0.2) is 17.8 Å². The van der Waals surface area contributed by atoms with E-state index in [1.54, 1.807) is 12.3 Å². The molecule has 0 aliphatic carbocycles. The Labute approximate surface area is 231 Å². The average Bonchev–Trinajstić information content (AvgIpc) is 3.32. The van der Waals surface area contributed by atoms with Crippen LogP contribution in [0.1, 0.15) is 41.8 Å². The molecule has 4 aromatic rings. The van der Waals surface area contributed by atoms with Crippen LogP contribution in [0.5, 0.6) is 0 Å². The average molecular weight is 565 g/mol. The number of carbonyl (C=O) groups is 1. The number of fused-ring (bicyclic) bond motifs is 1. The standard InChI is InChI=1S/C29H29FN4O3S2/c1-19-4-6-22(7-5-19)16-31-34(29-32-26-13-10-24(30)15-27(26)38-29)28(35)23-8-11-25(12-9-23)39(36,37)33-17-20(2)14-21(3)18-33/h4-13,15-16,20-21H,14,17-18H2,1-3H3/b31-16+. The van der Waals surface area contributed by atoms with Gasteiger partial charge in [-0.2, -0.15) is 14.4 Å². The van der Waals surface area contributed by atoms with Crippen LogP contribution in [-0.2, 0) is 10.0 Å². The van der Waals surface area contributed by atoms with Gasteiger partial charge in [-0.05, 0) is 73.2 Å². The first-order chi connectivity index (χ1) is 18.6. The number of rotatable bonds is 6. The minimum absolute atomic E-state index is 0.144. The second-order valence-electron chi connectivity index (χ2n) is 10.2. The smallest absolute Gasteiger partial charge is 0.267 e. The summed E-state index contributed by atoms with van der Waals surface area (Å²) in [7, 11) is -3.68. The van der Waals surface area contributed by atoms with Gasteiger partial charge in [0.15, 0.2) is 0 Å². The zero-order valence-corrected chi connectivity index (χ0v) is 23.5. The fourth-order valence-corrected chi connectivity index (χ4v) is 7.41. The molecule has 5 rings (SSSR count). The van der Waals surface area contributed by atoms with Gasteiger partial charge in [0.25, 0.3) is 5.91 Å². The predicted octanol–water partition coefficient (Wildman–Crippen LogP) is 6.09. The van der Waals surface area contributed by atoms with E-state index in [0.717, 1.165) is 28.9 Å². The first-order valence-corrected chi connectivity index (χ1v) is 15.0. The molecule has 2 unspecified atom stereocenters. The summed E-state index contributed by atoms with van der Waals surface area (Å²) < 4.78 is 42.5. The molecule has 10 heteroatoms. The van der Waals surface area contributed by atoms with Crippen LogP contribution in [0, 0.1) is 24.6 Å². The van der Waals surface area contributed by atoms with Crippen molar-refractivity contribution in [2.24, 2.45) is 16.9 Å². The summed E-state index contributed by atoms with van der Waals surface area (Å²) in [5.41, 5.74) is 2.68. The summed E-state index contributed by atoms with van der Waals surface area (Å²) in [5.74, 6) is -0.312. The highest BCUT2D eigenvalue weighted by Gasteiger charge is 2.32. The van der Waals surface area contributed by atoms with E-state index in [9.17, 15) is 17.6 Å². The minimum Gasteiger partial charge on any atom is -0.267 e. The van der Waals surface area contributed by atoms with E-state index in [1.165, 1.54) is 45.7 Å². The molecule has 7 nitrogen and oxygen atoms in total. The Morgan fingerprint density at radius 1 is 1.05 bits per heavy atom. The lowest BCUT2D eigenvalue weighted by Crippen LogP contribution is -2.42. The van der Waals surface area contributed by atoms with Crippen molar-refractivity contribution in [3.63, 3.8) is 0 Å². The summed E-state index contributed by atoms with van der Waals surface area (Å²) in [4.78, 5) is 18.3. The Kier molecular flexibility index (Phi) is 7.61. The van der Waals surface area contributed by atoms with Gasteiger partial charge < -0.3 is 0 Å². The van der Waals surface area contributed by atoms with Crippen molar-refractivity contribution >= 4 is 48.8 Å². The van der Waals surface area contributed by atoms with E-state index in [0.29, 0.717) is 23.3 Å².